The lowest BCUT2D eigenvalue weighted by atomic mass is 10.4. The molecule has 138 valence electrons. The molecule has 2 N–H and O–H groups in total. The first-order valence-corrected chi connectivity index (χ1v) is 9.17. The molecule has 0 aliphatic carbocycles. The van der Waals surface area contributed by atoms with Gasteiger partial charge in [0.2, 0.25) is 0 Å². The third kappa shape index (κ3) is 5.46. The second-order valence-corrected chi connectivity index (χ2v) is 6.19. The number of rotatable bonds is 10. The van der Waals surface area contributed by atoms with Crippen LogP contribution in [0.5, 0.6) is 0 Å². The number of anilines is 1. The van der Waals surface area contributed by atoms with Gasteiger partial charge in [0.15, 0.2) is 10.8 Å². The van der Waals surface area contributed by atoms with Crippen molar-refractivity contribution in [2.75, 3.05) is 44.5 Å². The summed E-state index contributed by atoms with van der Waals surface area (Å²) in [5, 5.41) is 11.8. The Morgan fingerprint density at radius 3 is 2.88 bits per heavy atom. The third-order valence-corrected chi connectivity index (χ3v) is 3.95. The van der Waals surface area contributed by atoms with E-state index >= 15 is 0 Å². The van der Waals surface area contributed by atoms with Crippen LogP contribution in [0.4, 0.5) is 10.6 Å². The average molecular weight is 368 g/mol. The molecule has 1 amide bonds. The van der Waals surface area contributed by atoms with Gasteiger partial charge in [-0.15, -0.1) is 0 Å². The van der Waals surface area contributed by atoms with Crippen LogP contribution < -0.4 is 10.6 Å². The number of amides is 1. The van der Waals surface area contributed by atoms with Crippen LogP contribution in [0.3, 0.4) is 0 Å². The lowest BCUT2D eigenvalue weighted by Gasteiger charge is -2.09. The molecule has 0 atom stereocenters. The lowest BCUT2D eigenvalue weighted by molar-refractivity contribution is 0.152. The minimum absolute atomic E-state index is 0.345. The van der Waals surface area contributed by atoms with Crippen LogP contribution in [0.25, 0.3) is 11.0 Å². The van der Waals surface area contributed by atoms with Gasteiger partial charge in [0.25, 0.3) is 0 Å². The maximum absolute atomic E-state index is 11.4. The summed E-state index contributed by atoms with van der Waals surface area (Å²) in [5.41, 5.74) is 0.733. The number of fused-ring (bicyclic) bond motifs is 1. The monoisotopic (exact) mass is 368 g/mol. The number of hydrogen-bond donors (Lipinski definition) is 2. The number of carbonyl (C=O) groups excluding carboxylic acids is 1. The molecule has 2 rings (SSSR count). The van der Waals surface area contributed by atoms with Gasteiger partial charge >= 0.3 is 6.09 Å². The van der Waals surface area contributed by atoms with E-state index < -0.39 is 6.09 Å². The van der Waals surface area contributed by atoms with Gasteiger partial charge in [-0.05, 0) is 12.7 Å². The Hall–Kier alpha value is -2.07. The van der Waals surface area contributed by atoms with Crippen LogP contribution in [0.2, 0.25) is 0 Å². The number of alkyl carbamates (subject to hydrolysis) is 1. The second kappa shape index (κ2) is 10.0. The minimum Gasteiger partial charge on any atom is -0.450 e. The van der Waals surface area contributed by atoms with Crippen LogP contribution in [0, 0.1) is 0 Å². The molecule has 0 aliphatic rings. The second-order valence-electron chi connectivity index (χ2n) is 4.96. The van der Waals surface area contributed by atoms with Gasteiger partial charge in [-0.2, -0.15) is 5.10 Å². The third-order valence-electron chi connectivity index (χ3n) is 3.22. The molecular weight excluding hydrogens is 344 g/mol. The molecule has 0 bridgehead atoms. The van der Waals surface area contributed by atoms with E-state index in [1.165, 1.54) is 0 Å². The van der Waals surface area contributed by atoms with Crippen molar-refractivity contribution >= 4 is 34.7 Å². The number of thioether (sulfide) groups is 1. The summed E-state index contributed by atoms with van der Waals surface area (Å²) in [5.74, 6) is 1.62. The molecule has 0 unspecified atom stereocenters. The first kappa shape index (κ1) is 19.3. The standard InChI is InChI=1S/C15H24N6O3S/c1-4-24-15(22)17-6-8-21-13-11(10-18-21)12(16-7-9-23-3)19-14(20-13)25-5-2/h10H,4-9H2,1-3H3,(H,17,22)(H,16,19,20). The van der Waals surface area contributed by atoms with E-state index in [4.69, 9.17) is 9.47 Å². The predicted octanol–water partition coefficient (Wildman–Crippen LogP) is 1.74. The van der Waals surface area contributed by atoms with Gasteiger partial charge in [-0.1, -0.05) is 18.7 Å². The Labute approximate surface area is 150 Å². The minimum atomic E-state index is -0.433. The fourth-order valence-electron chi connectivity index (χ4n) is 2.14. The zero-order valence-electron chi connectivity index (χ0n) is 14.7. The maximum Gasteiger partial charge on any atom is 0.407 e. The molecular formula is C15H24N6O3S. The topological polar surface area (TPSA) is 103 Å². The molecule has 0 fully saturated rings. The summed E-state index contributed by atoms with van der Waals surface area (Å²) in [6, 6.07) is 0. The number of methoxy groups -OCH3 is 1. The number of nitrogens with one attached hydrogen (secondary N) is 2. The van der Waals surface area contributed by atoms with E-state index in [-0.39, 0.29) is 0 Å². The van der Waals surface area contributed by atoms with Crippen molar-refractivity contribution in [2.45, 2.75) is 25.5 Å². The molecule has 25 heavy (non-hydrogen) atoms. The quantitative estimate of drug-likeness (QED) is 0.371. The highest BCUT2D eigenvalue weighted by Gasteiger charge is 2.13. The van der Waals surface area contributed by atoms with E-state index in [0.29, 0.717) is 38.0 Å². The summed E-state index contributed by atoms with van der Waals surface area (Å²) in [4.78, 5) is 20.5. The summed E-state index contributed by atoms with van der Waals surface area (Å²) in [6.45, 7) is 6.29. The molecule has 0 radical (unpaired) electrons. The largest absolute Gasteiger partial charge is 0.450 e. The Balaban J connectivity index is 2.16. The first-order chi connectivity index (χ1) is 12.2. The highest BCUT2D eigenvalue weighted by molar-refractivity contribution is 7.99. The van der Waals surface area contributed by atoms with E-state index in [1.807, 2.05) is 0 Å². The van der Waals surface area contributed by atoms with Crippen molar-refractivity contribution in [3.05, 3.63) is 6.20 Å². The van der Waals surface area contributed by atoms with Crippen molar-refractivity contribution in [1.82, 2.24) is 25.1 Å². The van der Waals surface area contributed by atoms with Crippen molar-refractivity contribution in [3.8, 4) is 0 Å². The number of aromatic nitrogens is 4. The number of hydrogen-bond acceptors (Lipinski definition) is 8. The van der Waals surface area contributed by atoms with Crippen LogP contribution in [-0.2, 0) is 16.0 Å². The zero-order chi connectivity index (χ0) is 18.1. The van der Waals surface area contributed by atoms with Gasteiger partial charge in [0.05, 0.1) is 31.3 Å². The SMILES string of the molecule is CCOC(=O)NCCn1ncc2c(NCCOC)nc(SCC)nc21. The Morgan fingerprint density at radius 2 is 2.16 bits per heavy atom. The molecule has 2 aromatic heterocycles. The molecule has 0 spiro atoms. The van der Waals surface area contributed by atoms with E-state index in [1.54, 1.807) is 36.7 Å². The molecule has 0 saturated heterocycles. The summed E-state index contributed by atoms with van der Waals surface area (Å²) < 4.78 is 11.7. The van der Waals surface area contributed by atoms with Crippen LogP contribution in [0.15, 0.2) is 11.4 Å². The van der Waals surface area contributed by atoms with Gasteiger partial charge in [-0.3, -0.25) is 0 Å². The van der Waals surface area contributed by atoms with Gasteiger partial charge in [0, 0.05) is 20.2 Å². The Morgan fingerprint density at radius 1 is 1.32 bits per heavy atom. The van der Waals surface area contributed by atoms with Crippen LogP contribution in [0.1, 0.15) is 13.8 Å². The van der Waals surface area contributed by atoms with Crippen LogP contribution in [-0.4, -0.2) is 65.0 Å². The fourth-order valence-corrected chi connectivity index (χ4v) is 2.71. The summed E-state index contributed by atoms with van der Waals surface area (Å²) >= 11 is 1.57. The fraction of sp³-hybridized carbons (Fsp3) is 0.600. The molecule has 0 aromatic carbocycles. The molecule has 2 heterocycles. The normalized spacial score (nSPS) is 10.8. The number of nitrogens with zero attached hydrogens (tertiary/aromatic N) is 4. The van der Waals surface area contributed by atoms with Gasteiger partial charge in [0.1, 0.15) is 5.82 Å². The van der Waals surface area contributed by atoms with Crippen molar-refractivity contribution in [2.24, 2.45) is 0 Å². The van der Waals surface area contributed by atoms with E-state index in [0.717, 1.165) is 22.6 Å². The maximum atomic E-state index is 11.4. The molecule has 10 heteroatoms. The van der Waals surface area contributed by atoms with Crippen molar-refractivity contribution < 1.29 is 14.3 Å². The van der Waals surface area contributed by atoms with Crippen molar-refractivity contribution in [1.29, 1.82) is 0 Å². The van der Waals surface area contributed by atoms with Crippen LogP contribution >= 0.6 is 11.8 Å². The summed E-state index contributed by atoms with van der Waals surface area (Å²) in [6.07, 6.45) is 1.30. The highest BCUT2D eigenvalue weighted by Crippen LogP contribution is 2.24. The highest BCUT2D eigenvalue weighted by atomic mass is 32.2. The van der Waals surface area contributed by atoms with Gasteiger partial charge < -0.3 is 20.1 Å². The zero-order valence-corrected chi connectivity index (χ0v) is 15.6. The Bertz CT molecular complexity index is 693. The predicted molar refractivity (Wildman–Crippen MR) is 97.1 cm³/mol. The number of ether oxygens (including phenoxy) is 2. The van der Waals surface area contributed by atoms with Crippen molar-refractivity contribution in [3.63, 3.8) is 0 Å². The van der Waals surface area contributed by atoms with E-state index in [2.05, 4.69) is 32.6 Å². The molecule has 2 aromatic rings. The summed E-state index contributed by atoms with van der Waals surface area (Å²) in [7, 11) is 1.66. The number of carbonyl (C=O) groups is 1. The molecule has 0 aliphatic heterocycles. The smallest absolute Gasteiger partial charge is 0.407 e. The molecule has 9 nitrogen and oxygen atoms in total. The Kier molecular flexibility index (Phi) is 7.74. The average Bonchev–Trinajstić information content (AvgIpc) is 2.99. The first-order valence-electron chi connectivity index (χ1n) is 8.19. The van der Waals surface area contributed by atoms with E-state index in [9.17, 15) is 4.79 Å². The molecule has 0 saturated carbocycles. The lowest BCUT2D eigenvalue weighted by Crippen LogP contribution is -2.28. The van der Waals surface area contributed by atoms with Gasteiger partial charge in [-0.25, -0.2) is 19.4 Å².